The minimum Gasteiger partial charge on any atom is -0.480 e. The van der Waals surface area contributed by atoms with E-state index in [9.17, 15) is 19.5 Å². The lowest BCUT2D eigenvalue weighted by atomic mass is 10.1. The maximum absolute atomic E-state index is 12.5. The van der Waals surface area contributed by atoms with E-state index in [1.807, 2.05) is 6.08 Å². The molecular weight excluding hydrogens is 588 g/mol. The van der Waals surface area contributed by atoms with Crippen molar-refractivity contribution in [1.29, 1.82) is 0 Å². The second-order valence-electron chi connectivity index (χ2n) is 13.3. The number of rotatable bonds is 35. The van der Waals surface area contributed by atoms with Gasteiger partial charge < -0.3 is 20.9 Å². The van der Waals surface area contributed by atoms with E-state index in [1.165, 1.54) is 96.3 Å². The third-order valence-corrected chi connectivity index (χ3v) is 8.70. The van der Waals surface area contributed by atoms with E-state index in [0.717, 1.165) is 51.4 Å². The molecule has 0 heterocycles. The van der Waals surface area contributed by atoms with Gasteiger partial charge in [-0.1, -0.05) is 128 Å². The van der Waals surface area contributed by atoms with Gasteiger partial charge in [0.2, 0.25) is 5.91 Å². The Bertz CT molecular complexity index is 797. The van der Waals surface area contributed by atoms with E-state index < -0.39 is 12.0 Å². The van der Waals surface area contributed by atoms with Crippen LogP contribution >= 0.6 is 0 Å². The van der Waals surface area contributed by atoms with Gasteiger partial charge in [0.05, 0.1) is 0 Å². The number of esters is 1. The number of nitrogens with two attached hydrogens (primary N) is 1. The van der Waals surface area contributed by atoms with E-state index >= 15 is 0 Å². The number of carbonyl (C=O) groups is 3. The number of allylic oxidation sites excluding steroid dienone is 3. The van der Waals surface area contributed by atoms with Gasteiger partial charge in [0.15, 0.2) is 0 Å². The van der Waals surface area contributed by atoms with Gasteiger partial charge in [0.25, 0.3) is 0 Å². The molecule has 4 N–H and O–H groups in total. The van der Waals surface area contributed by atoms with Gasteiger partial charge in [0, 0.05) is 12.8 Å². The predicted molar refractivity (Wildman–Crippen MR) is 197 cm³/mol. The number of aliphatic carboxylic acids is 1. The van der Waals surface area contributed by atoms with Gasteiger partial charge in [0.1, 0.15) is 12.1 Å². The summed E-state index contributed by atoms with van der Waals surface area (Å²) in [7, 11) is 0. The van der Waals surface area contributed by atoms with Crippen LogP contribution in [0.25, 0.3) is 0 Å². The number of carbonyl (C=O) groups excluding carboxylic acids is 2. The number of carboxylic acids is 1. The SMILES string of the molecule is CCC/C=C\C(CCCCCCC(=O)NC(CCCN)C(=O)O)OC(=O)CCCCCCCCCCC/C=C\CCCCCCCC. The van der Waals surface area contributed by atoms with Gasteiger partial charge in [-0.3, -0.25) is 9.59 Å². The van der Waals surface area contributed by atoms with Crippen LogP contribution < -0.4 is 11.1 Å². The van der Waals surface area contributed by atoms with Gasteiger partial charge in [-0.25, -0.2) is 4.79 Å². The number of carboxylic acid groups (broad SMARTS) is 1. The molecule has 1 amide bonds. The normalized spacial score (nSPS) is 12.9. The van der Waals surface area contributed by atoms with Gasteiger partial charge in [-0.05, 0) is 83.2 Å². The van der Waals surface area contributed by atoms with Crippen molar-refractivity contribution in [3.63, 3.8) is 0 Å². The molecule has 2 atom stereocenters. The fraction of sp³-hybridized carbons (Fsp3) is 0.825. The summed E-state index contributed by atoms with van der Waals surface area (Å²) in [5.74, 6) is -1.34. The monoisotopic (exact) mass is 663 g/mol. The molecule has 0 bridgehead atoms. The maximum Gasteiger partial charge on any atom is 0.326 e. The van der Waals surface area contributed by atoms with E-state index in [1.54, 1.807) is 0 Å². The fourth-order valence-corrected chi connectivity index (χ4v) is 5.71. The Hall–Kier alpha value is -2.15. The molecule has 0 aliphatic rings. The van der Waals surface area contributed by atoms with Crippen LogP contribution in [0.5, 0.6) is 0 Å². The van der Waals surface area contributed by atoms with Gasteiger partial charge in [-0.15, -0.1) is 0 Å². The van der Waals surface area contributed by atoms with Crippen molar-refractivity contribution >= 4 is 17.8 Å². The first-order valence-electron chi connectivity index (χ1n) is 19.7. The summed E-state index contributed by atoms with van der Waals surface area (Å²) in [6.07, 6.45) is 38.5. The average molecular weight is 663 g/mol. The smallest absolute Gasteiger partial charge is 0.326 e. The highest BCUT2D eigenvalue weighted by molar-refractivity contribution is 5.83. The molecule has 0 saturated heterocycles. The summed E-state index contributed by atoms with van der Waals surface area (Å²) in [5, 5.41) is 11.8. The fourth-order valence-electron chi connectivity index (χ4n) is 5.71. The topological polar surface area (TPSA) is 119 Å². The van der Waals surface area contributed by atoms with Crippen LogP contribution in [0, 0.1) is 0 Å². The summed E-state index contributed by atoms with van der Waals surface area (Å²) in [4.78, 5) is 35.9. The Labute approximate surface area is 289 Å². The lowest BCUT2D eigenvalue weighted by Gasteiger charge is -2.15. The molecule has 2 unspecified atom stereocenters. The van der Waals surface area contributed by atoms with Crippen molar-refractivity contribution in [2.75, 3.05) is 6.54 Å². The first-order chi connectivity index (χ1) is 22.9. The van der Waals surface area contributed by atoms with E-state index in [0.29, 0.717) is 38.6 Å². The summed E-state index contributed by atoms with van der Waals surface area (Å²) in [5.41, 5.74) is 5.45. The Kier molecular flexibility index (Phi) is 33.6. The molecule has 0 fully saturated rings. The second-order valence-corrected chi connectivity index (χ2v) is 13.3. The molecule has 47 heavy (non-hydrogen) atoms. The van der Waals surface area contributed by atoms with Crippen molar-refractivity contribution in [3.05, 3.63) is 24.3 Å². The Morgan fingerprint density at radius 3 is 1.70 bits per heavy atom. The molecule has 0 saturated carbocycles. The molecule has 0 spiro atoms. The number of nitrogens with one attached hydrogen (secondary N) is 1. The zero-order valence-corrected chi connectivity index (χ0v) is 30.6. The van der Waals surface area contributed by atoms with Crippen molar-refractivity contribution in [2.45, 2.75) is 206 Å². The van der Waals surface area contributed by atoms with Crippen LogP contribution in [0.2, 0.25) is 0 Å². The Balaban J connectivity index is 3.90. The molecule has 0 rings (SSSR count). The second kappa shape index (κ2) is 35.2. The van der Waals surface area contributed by atoms with Crippen molar-refractivity contribution in [3.8, 4) is 0 Å². The third-order valence-electron chi connectivity index (χ3n) is 8.70. The third kappa shape index (κ3) is 32.2. The number of hydrogen-bond donors (Lipinski definition) is 3. The predicted octanol–water partition coefficient (Wildman–Crippen LogP) is 10.5. The Morgan fingerprint density at radius 1 is 0.617 bits per heavy atom. The molecular formula is C40H74N2O5. The zero-order valence-electron chi connectivity index (χ0n) is 30.6. The van der Waals surface area contributed by atoms with Crippen LogP contribution in [-0.2, 0) is 19.1 Å². The van der Waals surface area contributed by atoms with Crippen LogP contribution in [0.1, 0.15) is 194 Å². The van der Waals surface area contributed by atoms with Crippen molar-refractivity contribution in [1.82, 2.24) is 5.32 Å². The summed E-state index contributed by atoms with van der Waals surface area (Å²) < 4.78 is 5.82. The Morgan fingerprint density at radius 2 is 1.15 bits per heavy atom. The quantitative estimate of drug-likeness (QED) is 0.0353. The number of hydrogen-bond acceptors (Lipinski definition) is 5. The molecule has 0 aromatic carbocycles. The van der Waals surface area contributed by atoms with E-state index in [2.05, 4.69) is 37.4 Å². The maximum atomic E-state index is 12.5. The largest absolute Gasteiger partial charge is 0.480 e. The molecule has 7 heteroatoms. The highest BCUT2D eigenvalue weighted by Gasteiger charge is 2.19. The highest BCUT2D eigenvalue weighted by Crippen LogP contribution is 2.15. The molecule has 0 aromatic rings. The first kappa shape index (κ1) is 44.9. The van der Waals surface area contributed by atoms with Crippen LogP contribution in [0.4, 0.5) is 0 Å². The number of ether oxygens (including phenoxy) is 1. The van der Waals surface area contributed by atoms with Gasteiger partial charge >= 0.3 is 11.9 Å². The lowest BCUT2D eigenvalue weighted by Crippen LogP contribution is -2.40. The van der Waals surface area contributed by atoms with Crippen molar-refractivity contribution < 1.29 is 24.2 Å². The molecule has 274 valence electrons. The summed E-state index contributed by atoms with van der Waals surface area (Å²) >= 11 is 0. The minimum atomic E-state index is -1.02. The first-order valence-corrected chi connectivity index (χ1v) is 19.7. The lowest BCUT2D eigenvalue weighted by molar-refractivity contribution is -0.147. The zero-order chi connectivity index (χ0) is 34.6. The molecule has 0 aliphatic carbocycles. The minimum absolute atomic E-state index is 0.100. The number of amides is 1. The van der Waals surface area contributed by atoms with E-state index in [4.69, 9.17) is 10.5 Å². The van der Waals surface area contributed by atoms with Gasteiger partial charge in [-0.2, -0.15) is 0 Å². The molecule has 0 radical (unpaired) electrons. The number of unbranched alkanes of at least 4 members (excludes halogenated alkanes) is 19. The summed E-state index contributed by atoms with van der Waals surface area (Å²) in [6, 6.07) is -0.867. The molecule has 0 aromatic heterocycles. The molecule has 0 aliphatic heterocycles. The van der Waals surface area contributed by atoms with Crippen LogP contribution in [-0.4, -0.2) is 41.6 Å². The highest BCUT2D eigenvalue weighted by atomic mass is 16.5. The standard InChI is InChI=1S/C40H74N2O5/c1-3-5-7-8-9-10-11-12-13-14-15-16-17-18-19-20-21-22-28-34-39(44)47-36(30-25-6-4-2)31-26-23-24-27-33-38(43)42-37(40(45)46)32-29-35-41/h12-13,25,30,36-37H,3-11,14-24,26-29,31-35,41H2,1-2H3,(H,42,43)(H,45,46)/b13-12-,30-25-. The van der Waals surface area contributed by atoms with Crippen molar-refractivity contribution in [2.24, 2.45) is 5.73 Å². The average Bonchev–Trinajstić information content (AvgIpc) is 3.05. The van der Waals surface area contributed by atoms with E-state index in [-0.39, 0.29) is 18.0 Å². The molecule has 7 nitrogen and oxygen atoms in total. The van der Waals surface area contributed by atoms with Crippen LogP contribution in [0.3, 0.4) is 0 Å². The summed E-state index contributed by atoms with van der Waals surface area (Å²) in [6.45, 7) is 4.81. The van der Waals surface area contributed by atoms with Crippen LogP contribution in [0.15, 0.2) is 24.3 Å².